The third kappa shape index (κ3) is 7.88. The van der Waals surface area contributed by atoms with E-state index in [9.17, 15) is 9.59 Å². The molecule has 0 fully saturated rings. The van der Waals surface area contributed by atoms with Crippen molar-refractivity contribution >= 4 is 39.6 Å². The van der Waals surface area contributed by atoms with Gasteiger partial charge in [-0.05, 0) is 52.2 Å². The number of unbranched alkanes of at least 4 members (excludes halogenated alkanes) is 1. The number of ether oxygens (including phenoxy) is 3. The van der Waals surface area contributed by atoms with Crippen LogP contribution in [0.5, 0.6) is 17.2 Å². The van der Waals surface area contributed by atoms with Gasteiger partial charge in [0, 0.05) is 12.8 Å². The molecule has 2 amide bonds. The van der Waals surface area contributed by atoms with Gasteiger partial charge >= 0.3 is 0 Å². The van der Waals surface area contributed by atoms with Gasteiger partial charge in [0.15, 0.2) is 11.5 Å². The molecular weight excluding hydrogens is 478 g/mol. The summed E-state index contributed by atoms with van der Waals surface area (Å²) in [6.07, 6.45) is 3.49. The van der Waals surface area contributed by atoms with Gasteiger partial charge in [-0.15, -0.1) is 0 Å². The highest BCUT2D eigenvalue weighted by Gasteiger charge is 2.12. The molecule has 0 atom stereocenters. The summed E-state index contributed by atoms with van der Waals surface area (Å²) in [6.45, 7) is 2.69. The Morgan fingerprint density at radius 2 is 1.78 bits per heavy atom. The van der Waals surface area contributed by atoms with E-state index in [1.165, 1.54) is 13.3 Å². The minimum atomic E-state index is -0.373. The highest BCUT2D eigenvalue weighted by Crippen LogP contribution is 2.36. The Morgan fingerprint density at radius 1 is 1.06 bits per heavy atom. The van der Waals surface area contributed by atoms with E-state index in [2.05, 4.69) is 38.7 Å². The lowest BCUT2D eigenvalue weighted by Gasteiger charge is -2.13. The van der Waals surface area contributed by atoms with E-state index in [1.54, 1.807) is 37.4 Å². The quantitative estimate of drug-likeness (QED) is 0.251. The van der Waals surface area contributed by atoms with Crippen LogP contribution in [0.2, 0.25) is 0 Å². The van der Waals surface area contributed by atoms with E-state index in [4.69, 9.17) is 14.2 Å². The van der Waals surface area contributed by atoms with E-state index in [-0.39, 0.29) is 24.7 Å². The van der Waals surface area contributed by atoms with Gasteiger partial charge in [0.2, 0.25) is 11.8 Å². The third-order valence-corrected chi connectivity index (χ3v) is 4.95. The Balaban J connectivity index is 1.86. The predicted molar refractivity (Wildman–Crippen MR) is 128 cm³/mol. The van der Waals surface area contributed by atoms with Gasteiger partial charge in [-0.25, -0.2) is 5.43 Å². The molecule has 0 radical (unpaired) electrons. The average Bonchev–Trinajstić information content (AvgIpc) is 2.79. The van der Waals surface area contributed by atoms with Crippen molar-refractivity contribution in [2.45, 2.75) is 32.6 Å². The molecular formula is C23H28BrN3O5. The average molecular weight is 506 g/mol. The first kappa shape index (κ1) is 25.2. The van der Waals surface area contributed by atoms with Crippen LogP contribution in [-0.4, -0.2) is 38.9 Å². The number of hydrazone groups is 1. The second kappa shape index (κ2) is 13.4. The molecule has 9 heteroatoms. The number of rotatable bonds is 12. The zero-order valence-electron chi connectivity index (χ0n) is 18.4. The predicted octanol–water partition coefficient (Wildman–Crippen LogP) is 4.51. The highest BCUT2D eigenvalue weighted by molar-refractivity contribution is 9.10. The van der Waals surface area contributed by atoms with Crippen molar-refractivity contribution < 1.29 is 23.8 Å². The second-order valence-corrected chi connectivity index (χ2v) is 7.63. The number of hydrogen-bond acceptors (Lipinski definition) is 6. The maximum atomic E-state index is 12.1. The molecule has 2 rings (SSSR count). The first-order chi connectivity index (χ1) is 15.5. The van der Waals surface area contributed by atoms with Crippen LogP contribution in [0.1, 0.15) is 38.2 Å². The Kier molecular flexibility index (Phi) is 10.5. The number of para-hydroxylation sites is 2. The minimum Gasteiger partial charge on any atom is -0.495 e. The molecule has 32 heavy (non-hydrogen) atoms. The Hall–Kier alpha value is -3.07. The number of anilines is 1. The fourth-order valence-corrected chi connectivity index (χ4v) is 3.27. The largest absolute Gasteiger partial charge is 0.495 e. The summed E-state index contributed by atoms with van der Waals surface area (Å²) in [4.78, 5) is 24.1. The van der Waals surface area contributed by atoms with Gasteiger partial charge in [0.1, 0.15) is 5.75 Å². The van der Waals surface area contributed by atoms with Gasteiger partial charge < -0.3 is 19.5 Å². The standard InChI is InChI=1S/C23H28BrN3O5/c1-4-5-12-32-23-17(24)13-16(14-20(23)31-3)15-25-27-22(29)11-10-21(28)26-18-8-6-7-9-19(18)30-2/h6-9,13-15H,4-5,10-12H2,1-3H3,(H,26,28)(H,27,29). The zero-order chi connectivity index (χ0) is 23.3. The summed E-state index contributed by atoms with van der Waals surface area (Å²) in [5.41, 5.74) is 3.69. The van der Waals surface area contributed by atoms with Crippen molar-refractivity contribution in [1.29, 1.82) is 0 Å². The number of halogens is 1. The molecule has 0 spiro atoms. The van der Waals surface area contributed by atoms with Gasteiger partial charge in [-0.1, -0.05) is 25.5 Å². The van der Waals surface area contributed by atoms with Crippen molar-refractivity contribution in [3.8, 4) is 17.2 Å². The van der Waals surface area contributed by atoms with Crippen molar-refractivity contribution in [1.82, 2.24) is 5.43 Å². The highest BCUT2D eigenvalue weighted by atomic mass is 79.9. The molecule has 0 unspecified atom stereocenters. The van der Waals surface area contributed by atoms with Crippen LogP contribution in [0.4, 0.5) is 5.69 Å². The van der Waals surface area contributed by atoms with Gasteiger partial charge in [-0.3, -0.25) is 9.59 Å². The molecule has 0 saturated heterocycles. The molecule has 8 nitrogen and oxygen atoms in total. The molecule has 2 aromatic rings. The van der Waals surface area contributed by atoms with Crippen molar-refractivity contribution in [3.05, 3.63) is 46.4 Å². The second-order valence-electron chi connectivity index (χ2n) is 6.78. The van der Waals surface area contributed by atoms with E-state index < -0.39 is 0 Å². The Labute approximate surface area is 196 Å². The first-order valence-electron chi connectivity index (χ1n) is 10.2. The monoisotopic (exact) mass is 505 g/mol. The fraction of sp³-hybridized carbons (Fsp3) is 0.348. The molecule has 172 valence electrons. The van der Waals surface area contributed by atoms with Crippen LogP contribution in [0.15, 0.2) is 46.0 Å². The maximum absolute atomic E-state index is 12.1. The number of methoxy groups -OCH3 is 2. The SMILES string of the molecule is CCCCOc1c(Br)cc(C=NNC(=O)CCC(=O)Nc2ccccc2OC)cc1OC. The molecule has 0 bridgehead atoms. The van der Waals surface area contributed by atoms with Crippen LogP contribution < -0.4 is 25.0 Å². The molecule has 0 aliphatic rings. The number of benzene rings is 2. The maximum Gasteiger partial charge on any atom is 0.240 e. The van der Waals surface area contributed by atoms with Crippen molar-refractivity contribution in [2.24, 2.45) is 5.10 Å². The van der Waals surface area contributed by atoms with Gasteiger partial charge in [-0.2, -0.15) is 5.10 Å². The number of nitrogens with zero attached hydrogens (tertiary/aromatic N) is 1. The van der Waals surface area contributed by atoms with Gasteiger partial charge in [0.25, 0.3) is 0 Å². The smallest absolute Gasteiger partial charge is 0.240 e. The number of amides is 2. The van der Waals surface area contributed by atoms with Crippen molar-refractivity contribution in [3.63, 3.8) is 0 Å². The fourth-order valence-electron chi connectivity index (χ4n) is 2.70. The molecule has 0 saturated carbocycles. The lowest BCUT2D eigenvalue weighted by Crippen LogP contribution is -2.20. The molecule has 0 heterocycles. The van der Waals surface area contributed by atoms with Gasteiger partial charge in [0.05, 0.1) is 37.2 Å². The van der Waals surface area contributed by atoms with E-state index in [0.717, 1.165) is 17.3 Å². The zero-order valence-corrected chi connectivity index (χ0v) is 20.0. The van der Waals surface area contributed by atoms with E-state index in [1.807, 2.05) is 6.07 Å². The normalized spacial score (nSPS) is 10.6. The van der Waals surface area contributed by atoms with Crippen LogP contribution >= 0.6 is 15.9 Å². The van der Waals surface area contributed by atoms with Crippen LogP contribution in [0, 0.1) is 0 Å². The molecule has 2 N–H and O–H groups in total. The lowest BCUT2D eigenvalue weighted by atomic mass is 10.2. The number of carbonyl (C=O) groups excluding carboxylic acids is 2. The first-order valence-corrected chi connectivity index (χ1v) is 11.0. The summed E-state index contributed by atoms with van der Waals surface area (Å²) in [5, 5.41) is 6.69. The summed E-state index contributed by atoms with van der Waals surface area (Å²) < 4.78 is 17.1. The van der Waals surface area contributed by atoms with Crippen LogP contribution in [0.25, 0.3) is 0 Å². The van der Waals surface area contributed by atoms with Crippen molar-refractivity contribution in [2.75, 3.05) is 26.1 Å². The summed E-state index contributed by atoms with van der Waals surface area (Å²) in [5.74, 6) is 1.08. The van der Waals surface area contributed by atoms with Crippen LogP contribution in [0.3, 0.4) is 0 Å². The molecule has 2 aromatic carbocycles. The summed E-state index contributed by atoms with van der Waals surface area (Å²) >= 11 is 3.48. The Bertz CT molecular complexity index is 949. The van der Waals surface area contributed by atoms with E-state index >= 15 is 0 Å². The molecule has 0 aliphatic carbocycles. The topological polar surface area (TPSA) is 98.2 Å². The number of hydrogen-bond donors (Lipinski definition) is 2. The minimum absolute atomic E-state index is 0.00442. The van der Waals surface area contributed by atoms with Crippen LogP contribution in [-0.2, 0) is 9.59 Å². The summed E-state index contributed by atoms with van der Waals surface area (Å²) in [7, 11) is 3.09. The molecule has 0 aromatic heterocycles. The Morgan fingerprint density at radius 3 is 2.50 bits per heavy atom. The third-order valence-electron chi connectivity index (χ3n) is 4.36. The lowest BCUT2D eigenvalue weighted by molar-refractivity contribution is -0.124. The number of nitrogens with one attached hydrogen (secondary N) is 2. The molecule has 0 aliphatic heterocycles. The van der Waals surface area contributed by atoms with E-state index in [0.29, 0.717) is 35.1 Å². The summed E-state index contributed by atoms with van der Waals surface area (Å²) in [6, 6.07) is 10.7. The number of carbonyl (C=O) groups is 2.